The van der Waals surface area contributed by atoms with Gasteiger partial charge in [0.1, 0.15) is 11.9 Å². The summed E-state index contributed by atoms with van der Waals surface area (Å²) in [7, 11) is 0. The summed E-state index contributed by atoms with van der Waals surface area (Å²) in [5.74, 6) is 0.264. The van der Waals surface area contributed by atoms with Gasteiger partial charge in [-0.25, -0.2) is 0 Å². The van der Waals surface area contributed by atoms with E-state index < -0.39 is 6.10 Å². The van der Waals surface area contributed by atoms with E-state index in [2.05, 4.69) is 12.2 Å². The average molecular weight is 241 g/mol. The van der Waals surface area contributed by atoms with Crippen LogP contribution in [0.25, 0.3) is 0 Å². The van der Waals surface area contributed by atoms with Gasteiger partial charge in [-0.2, -0.15) is 0 Å². The molecule has 0 radical (unpaired) electrons. The Morgan fingerprint density at radius 1 is 1.47 bits per heavy atom. The van der Waals surface area contributed by atoms with E-state index in [0.29, 0.717) is 25.2 Å². The van der Waals surface area contributed by atoms with E-state index in [1.54, 1.807) is 6.92 Å². The fourth-order valence-corrected chi connectivity index (χ4v) is 1.93. The van der Waals surface area contributed by atoms with Crippen molar-refractivity contribution in [2.24, 2.45) is 0 Å². The van der Waals surface area contributed by atoms with Gasteiger partial charge in [0, 0.05) is 19.4 Å². The van der Waals surface area contributed by atoms with E-state index in [1.165, 1.54) is 0 Å². The predicted molar refractivity (Wildman–Crippen MR) is 65.7 cm³/mol. The number of hydrogen-bond acceptors (Lipinski definition) is 3. The second-order valence-electron chi connectivity index (χ2n) is 4.66. The van der Waals surface area contributed by atoms with Crippen molar-refractivity contribution in [2.45, 2.75) is 64.6 Å². The summed E-state index contributed by atoms with van der Waals surface area (Å²) in [4.78, 5) is 22.7. The number of Topliss-reactive ketones (excluding diaryl/α,β-unsaturated/α-hetero) is 1. The molecule has 1 N–H and O–H groups in total. The first kappa shape index (κ1) is 14.2. The molecule has 1 unspecified atom stereocenters. The summed E-state index contributed by atoms with van der Waals surface area (Å²) < 4.78 is 5.67. The van der Waals surface area contributed by atoms with Gasteiger partial charge in [-0.1, -0.05) is 13.3 Å². The molecule has 4 heteroatoms. The lowest BCUT2D eigenvalue weighted by atomic mass is 9.96. The van der Waals surface area contributed by atoms with Gasteiger partial charge in [0.2, 0.25) is 5.91 Å². The highest BCUT2D eigenvalue weighted by molar-refractivity contribution is 5.80. The summed E-state index contributed by atoms with van der Waals surface area (Å²) >= 11 is 0. The summed E-state index contributed by atoms with van der Waals surface area (Å²) in [5, 5.41) is 2.85. The number of ether oxygens (including phenoxy) is 1. The summed E-state index contributed by atoms with van der Waals surface area (Å²) in [5.41, 5.74) is 0. The quantitative estimate of drug-likeness (QED) is 0.722. The summed E-state index contributed by atoms with van der Waals surface area (Å²) in [6, 6.07) is 0. The molecule has 1 fully saturated rings. The minimum atomic E-state index is -0.412. The fourth-order valence-electron chi connectivity index (χ4n) is 1.93. The molecule has 0 heterocycles. The van der Waals surface area contributed by atoms with Crippen molar-refractivity contribution in [1.29, 1.82) is 0 Å². The second-order valence-corrected chi connectivity index (χ2v) is 4.66. The van der Waals surface area contributed by atoms with Gasteiger partial charge >= 0.3 is 0 Å². The largest absolute Gasteiger partial charge is 0.365 e. The third-order valence-corrected chi connectivity index (χ3v) is 3.09. The maximum absolute atomic E-state index is 11.7. The minimum Gasteiger partial charge on any atom is -0.365 e. The van der Waals surface area contributed by atoms with Crippen molar-refractivity contribution < 1.29 is 14.3 Å². The molecule has 1 aliphatic carbocycles. The molecule has 98 valence electrons. The Morgan fingerprint density at radius 2 is 2.12 bits per heavy atom. The molecule has 1 amide bonds. The maximum atomic E-state index is 11.7. The number of carbonyl (C=O) groups excluding carboxylic acids is 2. The number of unbranched alkanes of at least 4 members (excludes halogenated alkanes) is 1. The van der Waals surface area contributed by atoms with Crippen LogP contribution >= 0.6 is 0 Å². The van der Waals surface area contributed by atoms with Crippen LogP contribution in [0, 0.1) is 0 Å². The van der Waals surface area contributed by atoms with E-state index in [4.69, 9.17) is 4.74 Å². The number of ketones is 1. The molecule has 0 spiro atoms. The first-order valence-corrected chi connectivity index (χ1v) is 6.58. The van der Waals surface area contributed by atoms with Crippen LogP contribution in [0.15, 0.2) is 0 Å². The average Bonchev–Trinajstić information content (AvgIpc) is 2.32. The Hall–Kier alpha value is -0.900. The van der Waals surface area contributed by atoms with Crippen LogP contribution in [-0.4, -0.2) is 30.4 Å². The topological polar surface area (TPSA) is 55.4 Å². The predicted octanol–water partition coefficient (Wildman–Crippen LogP) is 1.82. The number of rotatable bonds is 6. The van der Waals surface area contributed by atoms with Crippen molar-refractivity contribution >= 4 is 11.7 Å². The van der Waals surface area contributed by atoms with Crippen molar-refractivity contribution in [3.8, 4) is 0 Å². The number of hydrogen-bond donors (Lipinski definition) is 1. The highest BCUT2D eigenvalue weighted by Crippen LogP contribution is 2.19. The first-order chi connectivity index (χ1) is 8.13. The molecule has 0 aromatic heterocycles. The van der Waals surface area contributed by atoms with Crippen molar-refractivity contribution in [3.05, 3.63) is 0 Å². The zero-order chi connectivity index (χ0) is 12.7. The van der Waals surface area contributed by atoms with Crippen LogP contribution in [0.5, 0.6) is 0 Å². The number of nitrogens with one attached hydrogen (secondary N) is 1. The Balaban J connectivity index is 2.21. The lowest BCUT2D eigenvalue weighted by molar-refractivity contribution is -0.138. The van der Waals surface area contributed by atoms with Crippen LogP contribution in [0.4, 0.5) is 0 Å². The summed E-state index contributed by atoms with van der Waals surface area (Å²) in [6.07, 6.45) is 4.42. The Labute approximate surface area is 103 Å². The van der Waals surface area contributed by atoms with E-state index in [-0.39, 0.29) is 12.0 Å². The van der Waals surface area contributed by atoms with Crippen LogP contribution in [-0.2, 0) is 14.3 Å². The van der Waals surface area contributed by atoms with Crippen molar-refractivity contribution in [2.75, 3.05) is 6.54 Å². The smallest absolute Gasteiger partial charge is 0.248 e. The Bertz CT molecular complexity index is 255. The minimum absolute atomic E-state index is 0.0460. The van der Waals surface area contributed by atoms with Gasteiger partial charge in [0.15, 0.2) is 0 Å². The summed E-state index contributed by atoms with van der Waals surface area (Å²) in [6.45, 7) is 4.58. The molecular weight excluding hydrogens is 218 g/mol. The molecule has 1 atom stereocenters. The fraction of sp³-hybridized carbons (Fsp3) is 0.846. The van der Waals surface area contributed by atoms with Gasteiger partial charge in [0.05, 0.1) is 6.10 Å². The van der Waals surface area contributed by atoms with E-state index in [9.17, 15) is 9.59 Å². The number of carbonyl (C=O) groups is 2. The molecule has 0 saturated heterocycles. The molecular formula is C13H23NO3. The molecule has 0 aromatic rings. The molecule has 1 aliphatic rings. The molecule has 17 heavy (non-hydrogen) atoms. The zero-order valence-corrected chi connectivity index (χ0v) is 10.8. The van der Waals surface area contributed by atoms with Crippen LogP contribution < -0.4 is 5.32 Å². The monoisotopic (exact) mass is 241 g/mol. The standard InChI is InChI=1S/C13H23NO3/c1-3-4-9-14-13(16)10(2)17-12-7-5-11(15)6-8-12/h10,12H,3-9H2,1-2H3,(H,14,16). The highest BCUT2D eigenvalue weighted by atomic mass is 16.5. The number of amides is 1. The lowest BCUT2D eigenvalue weighted by Gasteiger charge is -2.24. The van der Waals surface area contributed by atoms with E-state index >= 15 is 0 Å². The highest BCUT2D eigenvalue weighted by Gasteiger charge is 2.23. The molecule has 0 aromatic carbocycles. The Kier molecular flexibility index (Phi) is 6.19. The normalized spacial score (nSPS) is 19.1. The molecule has 4 nitrogen and oxygen atoms in total. The van der Waals surface area contributed by atoms with Crippen LogP contribution in [0.3, 0.4) is 0 Å². The van der Waals surface area contributed by atoms with Crippen LogP contribution in [0.2, 0.25) is 0 Å². The second kappa shape index (κ2) is 7.43. The maximum Gasteiger partial charge on any atom is 0.248 e. The van der Waals surface area contributed by atoms with Gasteiger partial charge in [-0.05, 0) is 26.2 Å². The zero-order valence-electron chi connectivity index (χ0n) is 10.8. The van der Waals surface area contributed by atoms with Crippen molar-refractivity contribution in [1.82, 2.24) is 5.32 Å². The molecule has 1 saturated carbocycles. The lowest BCUT2D eigenvalue weighted by Crippen LogP contribution is -2.38. The van der Waals surface area contributed by atoms with Gasteiger partial charge in [0.25, 0.3) is 0 Å². The SMILES string of the molecule is CCCCNC(=O)C(C)OC1CCC(=O)CC1. The van der Waals surface area contributed by atoms with Gasteiger partial charge in [-0.3, -0.25) is 9.59 Å². The van der Waals surface area contributed by atoms with Gasteiger partial charge < -0.3 is 10.1 Å². The van der Waals surface area contributed by atoms with Crippen LogP contribution in [0.1, 0.15) is 52.4 Å². The molecule has 0 aliphatic heterocycles. The van der Waals surface area contributed by atoms with Crippen molar-refractivity contribution in [3.63, 3.8) is 0 Å². The molecule has 1 rings (SSSR count). The van der Waals surface area contributed by atoms with E-state index in [1.807, 2.05) is 0 Å². The van der Waals surface area contributed by atoms with E-state index in [0.717, 1.165) is 25.7 Å². The van der Waals surface area contributed by atoms with Gasteiger partial charge in [-0.15, -0.1) is 0 Å². The molecule has 0 bridgehead atoms. The first-order valence-electron chi connectivity index (χ1n) is 6.58. The third kappa shape index (κ3) is 5.31. The Morgan fingerprint density at radius 3 is 2.71 bits per heavy atom. The third-order valence-electron chi connectivity index (χ3n) is 3.09.